The summed E-state index contributed by atoms with van der Waals surface area (Å²) in [6.45, 7) is 7.11. The Morgan fingerprint density at radius 1 is 0.690 bits per heavy atom. The molecule has 0 N–H and O–H groups in total. The summed E-state index contributed by atoms with van der Waals surface area (Å²) in [6.07, 6.45) is 1.05. The van der Waals surface area contributed by atoms with E-state index in [1.54, 1.807) is 0 Å². The number of rotatable bonds is 4. The Hall–Kier alpha value is -4.82. The number of anilines is 3. The average molecular weight is 544 g/mol. The molecule has 6 aromatic rings. The molecule has 0 amide bonds. The predicted octanol–water partition coefficient (Wildman–Crippen LogP) is 11.2. The fourth-order valence-corrected chi connectivity index (χ4v) is 7.34. The largest absolute Gasteiger partial charge is 0.454 e. The smallest absolute Gasteiger partial charge is 0.159 e. The van der Waals surface area contributed by atoms with Crippen LogP contribution in [0.2, 0.25) is 0 Å². The molecular weight excluding hydrogens is 510 g/mol. The third kappa shape index (κ3) is 3.65. The first kappa shape index (κ1) is 24.9. The number of para-hydroxylation sites is 2. The Labute approximate surface area is 247 Å². The van der Waals surface area contributed by atoms with Crippen LogP contribution in [0.15, 0.2) is 137 Å². The van der Waals surface area contributed by atoms with E-state index in [1.807, 2.05) is 0 Å². The fourth-order valence-electron chi connectivity index (χ4n) is 7.34. The minimum atomic E-state index is -0.00632. The van der Waals surface area contributed by atoms with Gasteiger partial charge in [0, 0.05) is 33.3 Å². The van der Waals surface area contributed by atoms with Crippen LogP contribution in [0.5, 0.6) is 0 Å². The number of hydrogen-bond donors (Lipinski definition) is 0. The van der Waals surface area contributed by atoms with Gasteiger partial charge < -0.3 is 9.32 Å². The first-order valence-electron chi connectivity index (χ1n) is 14.9. The summed E-state index contributed by atoms with van der Waals surface area (Å²) in [5, 5.41) is 1.21. The second-order valence-electron chi connectivity index (χ2n) is 12.2. The van der Waals surface area contributed by atoms with Crippen LogP contribution in [0.3, 0.4) is 0 Å². The van der Waals surface area contributed by atoms with Crippen LogP contribution in [0.25, 0.3) is 27.7 Å². The van der Waals surface area contributed by atoms with Gasteiger partial charge in [-0.25, -0.2) is 0 Å². The predicted molar refractivity (Wildman–Crippen MR) is 175 cm³/mol. The van der Waals surface area contributed by atoms with Crippen LogP contribution in [0.1, 0.15) is 55.6 Å². The Bertz CT molecular complexity index is 1990. The van der Waals surface area contributed by atoms with E-state index in [2.05, 4.69) is 153 Å². The third-order valence-electron chi connectivity index (χ3n) is 9.36. The van der Waals surface area contributed by atoms with Gasteiger partial charge in [-0.15, -0.1) is 0 Å². The molecule has 5 aromatic carbocycles. The van der Waals surface area contributed by atoms with E-state index < -0.39 is 0 Å². The standard InChI is InChI=1S/C40H33NO/c1-26-24-34-37(31-20-10-11-22-33(31)40(34,2)3)39-36(26)32-21-13-23-35(38(32)42-39)41(29-17-8-5-9-18-29)30-19-12-16-28(25-30)27-14-6-4-7-15-27/h4-23,25-26H,24H2,1-3H3/t26-/m1/s1. The molecule has 42 heavy (non-hydrogen) atoms. The van der Waals surface area contributed by atoms with Gasteiger partial charge in [-0.3, -0.25) is 0 Å². The minimum absolute atomic E-state index is 0.00632. The molecule has 2 aliphatic carbocycles. The number of furan rings is 1. The van der Waals surface area contributed by atoms with Gasteiger partial charge in [0.1, 0.15) is 5.76 Å². The molecule has 0 unspecified atom stereocenters. The van der Waals surface area contributed by atoms with Crippen LogP contribution in [-0.2, 0) is 5.41 Å². The first-order valence-corrected chi connectivity index (χ1v) is 14.9. The Balaban J connectivity index is 1.37. The van der Waals surface area contributed by atoms with Crippen molar-refractivity contribution < 1.29 is 4.42 Å². The topological polar surface area (TPSA) is 16.4 Å². The van der Waals surface area contributed by atoms with E-state index >= 15 is 0 Å². The molecule has 2 aliphatic rings. The number of benzene rings is 5. The summed E-state index contributed by atoms with van der Waals surface area (Å²) in [5.41, 5.74) is 13.5. The summed E-state index contributed by atoms with van der Waals surface area (Å²) in [4.78, 5) is 2.34. The summed E-state index contributed by atoms with van der Waals surface area (Å²) in [6, 6.07) is 45.6. The number of nitrogens with zero attached hydrogens (tertiary/aromatic N) is 1. The van der Waals surface area contributed by atoms with Crippen molar-refractivity contribution in [1.29, 1.82) is 0 Å². The lowest BCUT2D eigenvalue weighted by atomic mass is 9.74. The zero-order valence-corrected chi connectivity index (χ0v) is 24.3. The normalized spacial score (nSPS) is 16.7. The van der Waals surface area contributed by atoms with Crippen LogP contribution in [0, 0.1) is 0 Å². The Kier molecular flexibility index (Phi) is 5.55. The number of fused-ring (bicyclic) bond motifs is 6. The SMILES string of the molecule is C[C@@H]1CC2=C(c3ccccc3C2(C)C)c2oc3c(N(c4ccccc4)c4cccc(-c5ccccc5)c4)cccc3c21. The highest BCUT2D eigenvalue weighted by Gasteiger charge is 2.44. The average Bonchev–Trinajstić information content (AvgIpc) is 3.53. The van der Waals surface area contributed by atoms with Gasteiger partial charge in [-0.05, 0) is 70.5 Å². The van der Waals surface area contributed by atoms with Crippen LogP contribution < -0.4 is 4.90 Å². The molecular formula is C40H33NO. The molecule has 1 atom stereocenters. The van der Waals surface area contributed by atoms with Crippen LogP contribution >= 0.6 is 0 Å². The lowest BCUT2D eigenvalue weighted by Crippen LogP contribution is -2.20. The molecule has 2 heteroatoms. The van der Waals surface area contributed by atoms with Crippen molar-refractivity contribution in [2.24, 2.45) is 0 Å². The van der Waals surface area contributed by atoms with Crippen molar-refractivity contribution in [3.05, 3.63) is 155 Å². The highest BCUT2D eigenvalue weighted by Crippen LogP contribution is 2.58. The molecule has 0 radical (unpaired) electrons. The van der Waals surface area contributed by atoms with Crippen molar-refractivity contribution in [1.82, 2.24) is 0 Å². The molecule has 0 saturated heterocycles. The van der Waals surface area contributed by atoms with E-state index in [9.17, 15) is 0 Å². The third-order valence-corrected chi connectivity index (χ3v) is 9.36. The molecule has 0 aliphatic heterocycles. The molecule has 0 spiro atoms. The summed E-state index contributed by atoms with van der Waals surface area (Å²) in [7, 11) is 0. The second-order valence-corrected chi connectivity index (χ2v) is 12.2. The van der Waals surface area contributed by atoms with Crippen molar-refractivity contribution in [3.63, 3.8) is 0 Å². The molecule has 204 valence electrons. The first-order chi connectivity index (χ1) is 20.5. The highest BCUT2D eigenvalue weighted by atomic mass is 16.3. The molecule has 1 heterocycles. The van der Waals surface area contributed by atoms with E-state index in [0.29, 0.717) is 5.92 Å². The van der Waals surface area contributed by atoms with Gasteiger partial charge >= 0.3 is 0 Å². The quantitative estimate of drug-likeness (QED) is 0.220. The molecule has 0 bridgehead atoms. The fraction of sp³-hybridized carbons (Fsp3) is 0.150. The Morgan fingerprint density at radius 3 is 2.17 bits per heavy atom. The molecule has 2 nitrogen and oxygen atoms in total. The van der Waals surface area contributed by atoms with Gasteiger partial charge in [0.15, 0.2) is 5.58 Å². The van der Waals surface area contributed by atoms with Crippen LogP contribution in [-0.4, -0.2) is 0 Å². The van der Waals surface area contributed by atoms with Gasteiger partial charge in [0.05, 0.1) is 5.69 Å². The molecule has 0 saturated carbocycles. The van der Waals surface area contributed by atoms with Crippen molar-refractivity contribution in [3.8, 4) is 11.1 Å². The molecule has 1 aromatic heterocycles. The van der Waals surface area contributed by atoms with Crippen molar-refractivity contribution >= 4 is 33.6 Å². The summed E-state index contributed by atoms with van der Waals surface area (Å²) < 4.78 is 7.10. The maximum Gasteiger partial charge on any atom is 0.159 e. The lowest BCUT2D eigenvalue weighted by Gasteiger charge is -2.29. The highest BCUT2D eigenvalue weighted by molar-refractivity contribution is 6.02. The summed E-state index contributed by atoms with van der Waals surface area (Å²) in [5.74, 6) is 1.42. The summed E-state index contributed by atoms with van der Waals surface area (Å²) >= 11 is 0. The van der Waals surface area contributed by atoms with Crippen LogP contribution in [0.4, 0.5) is 17.1 Å². The zero-order chi connectivity index (χ0) is 28.4. The van der Waals surface area contributed by atoms with Gasteiger partial charge in [-0.1, -0.05) is 118 Å². The van der Waals surface area contributed by atoms with E-state index in [4.69, 9.17) is 4.42 Å². The van der Waals surface area contributed by atoms with Crippen molar-refractivity contribution in [2.75, 3.05) is 4.90 Å². The van der Waals surface area contributed by atoms with Gasteiger partial charge in [0.25, 0.3) is 0 Å². The minimum Gasteiger partial charge on any atom is -0.454 e. The number of allylic oxidation sites excluding steroid dienone is 1. The zero-order valence-electron chi connectivity index (χ0n) is 24.3. The Morgan fingerprint density at radius 2 is 1.36 bits per heavy atom. The van der Waals surface area contributed by atoms with Gasteiger partial charge in [-0.2, -0.15) is 0 Å². The van der Waals surface area contributed by atoms with E-state index in [0.717, 1.165) is 34.8 Å². The maximum atomic E-state index is 7.10. The molecule has 0 fully saturated rings. The van der Waals surface area contributed by atoms with E-state index in [-0.39, 0.29) is 5.41 Å². The lowest BCUT2D eigenvalue weighted by molar-refractivity contribution is 0.547. The second kappa shape index (κ2) is 9.36. The van der Waals surface area contributed by atoms with E-state index in [1.165, 1.54) is 44.3 Å². The van der Waals surface area contributed by atoms with Crippen molar-refractivity contribution in [2.45, 2.75) is 38.5 Å². The van der Waals surface area contributed by atoms with Gasteiger partial charge in [0.2, 0.25) is 0 Å². The maximum absolute atomic E-state index is 7.10. The number of hydrogen-bond acceptors (Lipinski definition) is 2. The monoisotopic (exact) mass is 543 g/mol. The molecule has 8 rings (SSSR count).